The Labute approximate surface area is 404 Å². The molecule has 4 aromatic heterocycles. The Kier molecular flexibility index (Phi) is 8.60. The lowest BCUT2D eigenvalue weighted by Gasteiger charge is -2.36. The third kappa shape index (κ3) is 5.72. The number of rotatable bonds is 6. The minimum atomic E-state index is 0.0505. The van der Waals surface area contributed by atoms with Gasteiger partial charge in [-0.2, -0.15) is 15.0 Å². The second kappa shape index (κ2) is 15.4. The van der Waals surface area contributed by atoms with Crippen molar-refractivity contribution in [3.05, 3.63) is 235 Å². The van der Waals surface area contributed by atoms with E-state index in [2.05, 4.69) is 231 Å². The smallest absolute Gasteiger partial charge is 0.240 e. The number of fused-ring (bicyclic) bond motifs is 13. The van der Waals surface area contributed by atoms with Crippen LogP contribution in [0.1, 0.15) is 36.6 Å². The van der Waals surface area contributed by atoms with Gasteiger partial charge >= 0.3 is 0 Å². The van der Waals surface area contributed by atoms with Crippen molar-refractivity contribution >= 4 is 60.2 Å². The highest BCUT2D eigenvalue weighted by Gasteiger charge is 2.47. The standard InChI is InChI=1S/C63H45N7/c1-4-18-40(19-5-1)41-32-34-42(35-33-41)61-64-62(69-55-30-16-12-26-47(55)51-38-36-49-45-24-10-14-28-53(45)67(57(49)59(51)69)43-20-6-2-7-21-43)66-63(65-61)70-56-31-17-13-27-48(56)52-39-37-50-46-25-11-15-29-54(46)68(58(50)60(52)70)44-22-8-3-9-23-44/h1-14,16-28,30-36,38,50,58H,15,29,37,39H2. The van der Waals surface area contributed by atoms with Gasteiger partial charge < -0.3 is 9.47 Å². The zero-order valence-electron chi connectivity index (χ0n) is 38.3. The maximum atomic E-state index is 5.78. The van der Waals surface area contributed by atoms with E-state index in [-0.39, 0.29) is 6.04 Å². The maximum absolute atomic E-state index is 5.78. The Morgan fingerprint density at radius 3 is 1.63 bits per heavy atom. The fourth-order valence-corrected chi connectivity index (χ4v) is 12.4. The Bertz CT molecular complexity index is 4120. The van der Waals surface area contributed by atoms with Gasteiger partial charge in [0, 0.05) is 55.5 Å². The molecule has 332 valence electrons. The lowest BCUT2D eigenvalue weighted by Crippen LogP contribution is -2.32. The average Bonchev–Trinajstić information content (AvgIpc) is 4.17. The fourth-order valence-electron chi connectivity index (χ4n) is 12.4. The Hall–Kier alpha value is -8.81. The third-order valence-electron chi connectivity index (χ3n) is 15.3. The number of hydrogen-bond acceptors (Lipinski definition) is 4. The molecular weight excluding hydrogens is 855 g/mol. The highest BCUT2D eigenvalue weighted by Crippen LogP contribution is 2.56. The first-order valence-electron chi connectivity index (χ1n) is 24.6. The number of benzene rings is 8. The van der Waals surface area contributed by atoms with E-state index < -0.39 is 0 Å². The van der Waals surface area contributed by atoms with Crippen molar-refractivity contribution in [2.75, 3.05) is 4.90 Å². The summed E-state index contributed by atoms with van der Waals surface area (Å²) >= 11 is 0. The van der Waals surface area contributed by atoms with Crippen LogP contribution in [0.3, 0.4) is 0 Å². The molecule has 70 heavy (non-hydrogen) atoms. The molecule has 7 nitrogen and oxygen atoms in total. The van der Waals surface area contributed by atoms with Crippen molar-refractivity contribution < 1.29 is 0 Å². The van der Waals surface area contributed by atoms with Gasteiger partial charge in [-0.3, -0.25) is 9.13 Å². The molecule has 1 aliphatic heterocycles. The summed E-state index contributed by atoms with van der Waals surface area (Å²) in [6.45, 7) is 0. The zero-order chi connectivity index (χ0) is 45.9. The molecule has 8 aromatic carbocycles. The van der Waals surface area contributed by atoms with E-state index in [1.165, 1.54) is 49.9 Å². The normalized spacial score (nSPS) is 16.5. The molecule has 2 unspecified atom stereocenters. The Morgan fingerprint density at radius 2 is 0.943 bits per heavy atom. The van der Waals surface area contributed by atoms with Crippen LogP contribution < -0.4 is 4.90 Å². The summed E-state index contributed by atoms with van der Waals surface area (Å²) in [6, 6.07) is 72.1. The fraction of sp³-hybridized carbons (Fsp3) is 0.0952. The summed E-state index contributed by atoms with van der Waals surface area (Å²) in [7, 11) is 0. The summed E-state index contributed by atoms with van der Waals surface area (Å²) in [4.78, 5) is 19.7. The van der Waals surface area contributed by atoms with Crippen LogP contribution in [0.2, 0.25) is 0 Å². The predicted molar refractivity (Wildman–Crippen MR) is 285 cm³/mol. The van der Waals surface area contributed by atoms with Gasteiger partial charge in [-0.25, -0.2) is 0 Å². The Morgan fingerprint density at radius 1 is 0.414 bits per heavy atom. The lowest BCUT2D eigenvalue weighted by molar-refractivity contribution is 0.446. The van der Waals surface area contributed by atoms with Crippen LogP contribution in [0, 0.1) is 5.92 Å². The zero-order valence-corrected chi connectivity index (χ0v) is 38.3. The number of para-hydroxylation sites is 5. The number of aromatic nitrogens is 6. The monoisotopic (exact) mass is 899 g/mol. The van der Waals surface area contributed by atoms with Crippen molar-refractivity contribution in [1.29, 1.82) is 0 Å². The number of allylic oxidation sites excluding steroid dienone is 3. The number of hydrogen-bond donors (Lipinski definition) is 0. The van der Waals surface area contributed by atoms with Gasteiger partial charge in [0.15, 0.2) is 5.82 Å². The average molecular weight is 900 g/mol. The molecule has 2 aliphatic carbocycles. The summed E-state index contributed by atoms with van der Waals surface area (Å²) in [5.41, 5.74) is 16.6. The molecule has 0 fully saturated rings. The second-order valence-corrected chi connectivity index (χ2v) is 19.0. The van der Waals surface area contributed by atoms with Gasteiger partial charge in [0.25, 0.3) is 0 Å². The molecule has 0 saturated carbocycles. The molecule has 3 aliphatic rings. The second-order valence-electron chi connectivity index (χ2n) is 19.0. The molecule has 0 amide bonds. The van der Waals surface area contributed by atoms with Crippen LogP contribution in [0.15, 0.2) is 224 Å². The molecular formula is C63H45N7. The van der Waals surface area contributed by atoms with E-state index in [9.17, 15) is 0 Å². The van der Waals surface area contributed by atoms with Gasteiger partial charge in [-0.05, 0) is 90.4 Å². The topological polar surface area (TPSA) is 56.7 Å². The summed E-state index contributed by atoms with van der Waals surface area (Å²) in [6.07, 6.45) is 8.90. The molecule has 0 bridgehead atoms. The highest BCUT2D eigenvalue weighted by atomic mass is 15.3. The van der Waals surface area contributed by atoms with E-state index in [1.54, 1.807) is 0 Å². The van der Waals surface area contributed by atoms with Crippen molar-refractivity contribution in [2.24, 2.45) is 5.92 Å². The van der Waals surface area contributed by atoms with E-state index >= 15 is 0 Å². The van der Waals surface area contributed by atoms with Crippen LogP contribution in [-0.4, -0.2) is 28.7 Å². The van der Waals surface area contributed by atoms with E-state index in [4.69, 9.17) is 15.0 Å². The van der Waals surface area contributed by atoms with Crippen molar-refractivity contribution in [1.82, 2.24) is 28.7 Å². The largest absolute Gasteiger partial charge is 0.335 e. The van der Waals surface area contributed by atoms with Crippen LogP contribution in [0.4, 0.5) is 5.69 Å². The molecule has 0 saturated heterocycles. The molecule has 0 N–H and O–H groups in total. The highest BCUT2D eigenvalue weighted by molar-refractivity contribution is 6.23. The minimum Gasteiger partial charge on any atom is -0.335 e. The molecule has 7 heteroatoms. The summed E-state index contributed by atoms with van der Waals surface area (Å²) < 4.78 is 7.15. The minimum absolute atomic E-state index is 0.0505. The molecule has 15 rings (SSSR count). The third-order valence-corrected chi connectivity index (χ3v) is 15.3. The van der Waals surface area contributed by atoms with Gasteiger partial charge in [0.1, 0.15) is 0 Å². The van der Waals surface area contributed by atoms with E-state index in [0.29, 0.717) is 23.6 Å². The number of nitrogens with zero attached hydrogens (tertiary/aromatic N) is 7. The van der Waals surface area contributed by atoms with Crippen LogP contribution in [0.25, 0.3) is 94.6 Å². The first kappa shape index (κ1) is 39.2. The maximum Gasteiger partial charge on any atom is 0.240 e. The van der Waals surface area contributed by atoms with Gasteiger partial charge in [0.05, 0.1) is 39.3 Å². The lowest BCUT2D eigenvalue weighted by atomic mass is 9.79. The first-order valence-corrected chi connectivity index (χ1v) is 24.6. The molecule has 0 spiro atoms. The molecule has 12 aromatic rings. The molecule has 2 atom stereocenters. The van der Waals surface area contributed by atoms with Gasteiger partial charge in [0.2, 0.25) is 11.9 Å². The van der Waals surface area contributed by atoms with Crippen molar-refractivity contribution in [3.8, 4) is 40.1 Å². The summed E-state index contributed by atoms with van der Waals surface area (Å²) in [5.74, 6) is 2.12. The van der Waals surface area contributed by atoms with Crippen LogP contribution >= 0.6 is 0 Å². The van der Waals surface area contributed by atoms with Crippen molar-refractivity contribution in [3.63, 3.8) is 0 Å². The molecule has 5 heterocycles. The van der Waals surface area contributed by atoms with E-state index in [0.717, 1.165) is 80.9 Å². The van der Waals surface area contributed by atoms with E-state index in [1.807, 2.05) is 0 Å². The van der Waals surface area contributed by atoms with Crippen LogP contribution in [0.5, 0.6) is 0 Å². The quantitative estimate of drug-likeness (QED) is 0.167. The number of aryl methyl sites for hydroxylation is 1. The van der Waals surface area contributed by atoms with Crippen molar-refractivity contribution in [2.45, 2.75) is 31.7 Å². The van der Waals surface area contributed by atoms with Gasteiger partial charge in [-0.15, -0.1) is 0 Å². The summed E-state index contributed by atoms with van der Waals surface area (Å²) in [5, 5.41) is 5.90. The number of anilines is 1. The first-order chi connectivity index (χ1) is 34.8. The SMILES string of the molecule is C1=CC2=C(CC1)N(c1ccccc1)C1c3c(c4ccccc4n3-c3nc(-c4ccc(-c5ccccc5)cc4)nc(-n4c5ccccc5c5ccc6c7ccccc7n(-c7ccccc7)c6c54)n3)CCC21. The predicted octanol–water partition coefficient (Wildman–Crippen LogP) is 15.1. The molecule has 0 radical (unpaired) electrons. The Balaban J connectivity index is 1.05. The van der Waals surface area contributed by atoms with Gasteiger partial charge in [-0.1, -0.05) is 170 Å². The van der Waals surface area contributed by atoms with Crippen LogP contribution in [-0.2, 0) is 6.42 Å².